The standard InChI is InChI=1S/C3H6N2OS.ClH/c4-3-5-2(6)1-7-3;/h3H,1,4H2,(H,5,6);1H. The van der Waals surface area contributed by atoms with Crippen LogP contribution in [-0.2, 0) is 4.79 Å². The van der Waals surface area contributed by atoms with Gasteiger partial charge in [0, 0.05) is 0 Å². The van der Waals surface area contributed by atoms with Crippen molar-refractivity contribution >= 4 is 30.1 Å². The number of nitrogens with two attached hydrogens (primary N) is 1. The molecule has 3 N–H and O–H groups in total. The number of carbonyl (C=O) groups excluding carboxylic acids is 1. The van der Waals surface area contributed by atoms with Gasteiger partial charge in [-0.3, -0.25) is 4.79 Å². The number of halogens is 1. The number of hydrogen-bond acceptors (Lipinski definition) is 3. The maximum atomic E-state index is 10.2. The minimum absolute atomic E-state index is 0. The fourth-order valence-corrected chi connectivity index (χ4v) is 1.04. The molecule has 8 heavy (non-hydrogen) atoms. The highest BCUT2D eigenvalue weighted by Gasteiger charge is 2.15. The zero-order chi connectivity index (χ0) is 5.28. The van der Waals surface area contributed by atoms with E-state index in [1.54, 1.807) is 0 Å². The van der Waals surface area contributed by atoms with Crippen molar-refractivity contribution in [3.8, 4) is 0 Å². The molecule has 1 rings (SSSR count). The molecule has 3 nitrogen and oxygen atoms in total. The van der Waals surface area contributed by atoms with E-state index in [1.165, 1.54) is 11.8 Å². The van der Waals surface area contributed by atoms with Crippen molar-refractivity contribution in [3.63, 3.8) is 0 Å². The highest BCUT2D eigenvalue weighted by Crippen LogP contribution is 2.07. The molecule has 1 aliphatic rings. The van der Waals surface area contributed by atoms with Crippen molar-refractivity contribution in [2.75, 3.05) is 5.75 Å². The molecule has 1 unspecified atom stereocenters. The molecule has 5 heteroatoms. The quantitative estimate of drug-likeness (QED) is 0.495. The molecule has 0 aromatic rings. The minimum Gasteiger partial charge on any atom is -0.331 e. The molecule has 1 amide bonds. The van der Waals surface area contributed by atoms with Gasteiger partial charge < -0.3 is 11.1 Å². The minimum atomic E-state index is -0.160. The average molecular weight is 155 g/mol. The summed E-state index contributed by atoms with van der Waals surface area (Å²) in [7, 11) is 0. The van der Waals surface area contributed by atoms with Gasteiger partial charge in [0.05, 0.1) is 5.75 Å². The van der Waals surface area contributed by atoms with E-state index in [2.05, 4.69) is 5.32 Å². The van der Waals surface area contributed by atoms with Gasteiger partial charge in [-0.2, -0.15) is 0 Å². The lowest BCUT2D eigenvalue weighted by Crippen LogP contribution is -2.31. The van der Waals surface area contributed by atoms with Crippen LogP contribution < -0.4 is 11.1 Å². The van der Waals surface area contributed by atoms with Crippen molar-refractivity contribution in [1.29, 1.82) is 0 Å². The summed E-state index contributed by atoms with van der Waals surface area (Å²) in [6.45, 7) is 0. The van der Waals surface area contributed by atoms with E-state index in [4.69, 9.17) is 5.73 Å². The topological polar surface area (TPSA) is 55.1 Å². The Morgan fingerprint density at radius 3 is 2.62 bits per heavy atom. The number of rotatable bonds is 0. The molecule has 1 saturated heterocycles. The van der Waals surface area contributed by atoms with E-state index in [1.807, 2.05) is 0 Å². The van der Waals surface area contributed by atoms with Gasteiger partial charge in [0.15, 0.2) is 0 Å². The van der Waals surface area contributed by atoms with Crippen molar-refractivity contribution in [1.82, 2.24) is 5.32 Å². The van der Waals surface area contributed by atoms with Gasteiger partial charge in [-0.25, -0.2) is 0 Å². The molecule has 1 aliphatic heterocycles. The lowest BCUT2D eigenvalue weighted by atomic mass is 10.7. The highest BCUT2D eigenvalue weighted by molar-refractivity contribution is 8.00. The Labute approximate surface area is 57.8 Å². The number of nitrogens with one attached hydrogen (secondary N) is 1. The predicted molar refractivity (Wildman–Crippen MR) is 35.8 cm³/mol. The molecule has 0 bridgehead atoms. The molecule has 0 aliphatic carbocycles. The third-order valence-corrected chi connectivity index (χ3v) is 1.60. The summed E-state index contributed by atoms with van der Waals surface area (Å²) in [5, 5.41) is 2.52. The molecule has 0 saturated carbocycles. The van der Waals surface area contributed by atoms with Gasteiger partial charge in [-0.05, 0) is 0 Å². The van der Waals surface area contributed by atoms with Gasteiger partial charge in [-0.15, -0.1) is 24.2 Å². The highest BCUT2D eigenvalue weighted by atomic mass is 35.5. The first kappa shape index (κ1) is 8.07. The fraction of sp³-hybridized carbons (Fsp3) is 0.667. The maximum absolute atomic E-state index is 10.2. The molecular formula is C3H7ClN2OS. The van der Waals surface area contributed by atoms with Crippen LogP contribution in [0, 0.1) is 0 Å². The molecule has 1 atom stereocenters. The molecule has 0 radical (unpaired) electrons. The summed E-state index contributed by atoms with van der Waals surface area (Å²) >= 11 is 1.42. The van der Waals surface area contributed by atoms with Crippen LogP contribution in [0.15, 0.2) is 0 Å². The Hall–Kier alpha value is 0.0700. The normalized spacial score (nSPS) is 26.6. The van der Waals surface area contributed by atoms with E-state index >= 15 is 0 Å². The first-order valence-electron chi connectivity index (χ1n) is 1.95. The monoisotopic (exact) mass is 154 g/mol. The van der Waals surface area contributed by atoms with Crippen LogP contribution in [0.2, 0.25) is 0 Å². The maximum Gasteiger partial charge on any atom is 0.231 e. The summed E-state index contributed by atoms with van der Waals surface area (Å²) in [4.78, 5) is 10.2. The Bertz CT molecular complexity index is 99.3. The summed E-state index contributed by atoms with van der Waals surface area (Å²) < 4.78 is 0. The number of carbonyl (C=O) groups is 1. The van der Waals surface area contributed by atoms with Crippen LogP contribution in [0.1, 0.15) is 0 Å². The summed E-state index contributed by atoms with van der Waals surface area (Å²) in [5.41, 5.74) is 5.10. The van der Waals surface area contributed by atoms with Gasteiger partial charge in [0.1, 0.15) is 5.50 Å². The van der Waals surface area contributed by atoms with E-state index in [0.717, 1.165) is 0 Å². The van der Waals surface area contributed by atoms with E-state index in [9.17, 15) is 4.79 Å². The first-order valence-corrected chi connectivity index (χ1v) is 3.00. The Morgan fingerprint density at radius 1 is 1.88 bits per heavy atom. The predicted octanol–water partition coefficient (Wildman–Crippen LogP) is -0.487. The Kier molecular flexibility index (Phi) is 3.19. The second-order valence-electron chi connectivity index (χ2n) is 1.30. The molecular weight excluding hydrogens is 148 g/mol. The third-order valence-electron chi connectivity index (χ3n) is 0.697. The Balaban J connectivity index is 0.000000490. The third kappa shape index (κ3) is 1.90. The van der Waals surface area contributed by atoms with Gasteiger partial charge >= 0.3 is 0 Å². The lowest BCUT2D eigenvalue weighted by Gasteiger charge is -1.95. The van der Waals surface area contributed by atoms with Crippen LogP contribution in [0.4, 0.5) is 0 Å². The second-order valence-corrected chi connectivity index (χ2v) is 2.43. The van der Waals surface area contributed by atoms with E-state index in [-0.39, 0.29) is 23.8 Å². The molecule has 0 aromatic carbocycles. The molecule has 48 valence electrons. The van der Waals surface area contributed by atoms with Crippen LogP contribution in [-0.4, -0.2) is 17.2 Å². The van der Waals surface area contributed by atoms with Crippen molar-refractivity contribution in [3.05, 3.63) is 0 Å². The van der Waals surface area contributed by atoms with E-state index < -0.39 is 0 Å². The van der Waals surface area contributed by atoms with Crippen LogP contribution >= 0.6 is 24.2 Å². The zero-order valence-corrected chi connectivity index (χ0v) is 5.72. The smallest absolute Gasteiger partial charge is 0.231 e. The van der Waals surface area contributed by atoms with Crippen molar-refractivity contribution in [2.24, 2.45) is 5.73 Å². The van der Waals surface area contributed by atoms with E-state index in [0.29, 0.717) is 5.75 Å². The SMILES string of the molecule is Cl.NC1NC(=O)CS1. The van der Waals surface area contributed by atoms with Gasteiger partial charge in [-0.1, -0.05) is 0 Å². The largest absolute Gasteiger partial charge is 0.331 e. The molecule has 0 aromatic heterocycles. The molecule has 0 spiro atoms. The summed E-state index contributed by atoms with van der Waals surface area (Å²) in [6.07, 6.45) is 0. The van der Waals surface area contributed by atoms with Crippen molar-refractivity contribution < 1.29 is 4.79 Å². The first-order chi connectivity index (χ1) is 3.29. The van der Waals surface area contributed by atoms with Gasteiger partial charge in [0.2, 0.25) is 5.91 Å². The number of amides is 1. The Morgan fingerprint density at radius 2 is 2.50 bits per heavy atom. The fourth-order valence-electron chi connectivity index (χ4n) is 0.407. The summed E-state index contributed by atoms with van der Waals surface area (Å²) in [5.74, 6) is 0.554. The summed E-state index contributed by atoms with van der Waals surface area (Å²) in [6, 6.07) is 0. The van der Waals surface area contributed by atoms with Gasteiger partial charge in [0.25, 0.3) is 0 Å². The van der Waals surface area contributed by atoms with Crippen LogP contribution in [0.5, 0.6) is 0 Å². The second kappa shape index (κ2) is 3.17. The molecule has 1 heterocycles. The number of thioether (sulfide) groups is 1. The van der Waals surface area contributed by atoms with Crippen LogP contribution in [0.3, 0.4) is 0 Å². The van der Waals surface area contributed by atoms with Crippen molar-refractivity contribution in [2.45, 2.75) is 5.50 Å². The average Bonchev–Trinajstić information content (AvgIpc) is 1.87. The molecule has 1 fully saturated rings. The zero-order valence-electron chi connectivity index (χ0n) is 4.09. The van der Waals surface area contributed by atoms with Crippen LogP contribution in [0.25, 0.3) is 0 Å². The number of hydrogen-bond donors (Lipinski definition) is 2. The lowest BCUT2D eigenvalue weighted by molar-refractivity contribution is -0.118.